The number of hydrogen-bond donors (Lipinski definition) is 0. The molecule has 2 fully saturated rings. The highest BCUT2D eigenvalue weighted by atomic mass is 16.5. The highest BCUT2D eigenvalue weighted by molar-refractivity contribution is 5.86. The molecule has 2 unspecified atom stereocenters. The molecule has 7 nitrogen and oxygen atoms in total. The van der Waals surface area contributed by atoms with Crippen molar-refractivity contribution >= 4 is 16.9 Å². The molecule has 0 spiro atoms. The molecule has 2 atom stereocenters. The van der Waals surface area contributed by atoms with Gasteiger partial charge in [-0.05, 0) is 37.8 Å². The summed E-state index contributed by atoms with van der Waals surface area (Å²) in [7, 11) is 0. The molecule has 5 rings (SSSR count). The average molecular weight is 337 g/mol. The van der Waals surface area contributed by atoms with E-state index in [1.807, 2.05) is 35.1 Å². The van der Waals surface area contributed by atoms with E-state index in [1.165, 1.54) is 0 Å². The van der Waals surface area contributed by atoms with Crippen LogP contribution in [0.3, 0.4) is 0 Å². The maximum Gasteiger partial charge on any atom is 0.229 e. The van der Waals surface area contributed by atoms with Crippen molar-refractivity contribution in [3.05, 3.63) is 42.4 Å². The summed E-state index contributed by atoms with van der Waals surface area (Å²) in [6.45, 7) is 0. The van der Waals surface area contributed by atoms with Crippen LogP contribution in [0.1, 0.15) is 37.4 Å². The molecule has 7 heteroatoms. The number of piperidine rings is 1. The number of nitrogens with zero attached hydrogens (tertiary/aromatic N) is 5. The van der Waals surface area contributed by atoms with E-state index in [1.54, 1.807) is 6.20 Å². The third-order valence-corrected chi connectivity index (χ3v) is 5.58. The monoisotopic (exact) mass is 337 g/mol. The van der Waals surface area contributed by atoms with E-state index in [2.05, 4.69) is 20.4 Å². The van der Waals surface area contributed by atoms with E-state index in [9.17, 15) is 4.79 Å². The fraction of sp³-hybridized carbons (Fsp3) is 0.444. The largest absolute Gasteiger partial charge is 0.356 e. The molecule has 0 aliphatic carbocycles. The van der Waals surface area contributed by atoms with E-state index < -0.39 is 0 Å². The first-order valence-corrected chi connectivity index (χ1v) is 8.80. The minimum Gasteiger partial charge on any atom is -0.356 e. The van der Waals surface area contributed by atoms with Crippen LogP contribution in [0.4, 0.5) is 0 Å². The minimum absolute atomic E-state index is 0.156. The molecule has 2 bridgehead atoms. The zero-order chi connectivity index (χ0) is 16.8. The van der Waals surface area contributed by atoms with Crippen molar-refractivity contribution in [3.8, 4) is 0 Å². The molecule has 4 heterocycles. The van der Waals surface area contributed by atoms with Gasteiger partial charge >= 0.3 is 0 Å². The van der Waals surface area contributed by atoms with Crippen LogP contribution in [0, 0.1) is 0 Å². The Morgan fingerprint density at radius 1 is 1.16 bits per heavy atom. The van der Waals surface area contributed by atoms with Gasteiger partial charge < -0.3 is 9.42 Å². The summed E-state index contributed by atoms with van der Waals surface area (Å²) in [6.07, 6.45) is 7.98. The topological polar surface area (TPSA) is 77.0 Å². The number of amides is 1. The Balaban J connectivity index is 1.35. The number of carbonyl (C=O) groups is 1. The first kappa shape index (κ1) is 14.6. The summed E-state index contributed by atoms with van der Waals surface area (Å²) in [5, 5.41) is 13.1. The van der Waals surface area contributed by atoms with Crippen LogP contribution in [0.5, 0.6) is 0 Å². The molecule has 0 N–H and O–H groups in total. The number of rotatable bonds is 3. The molecule has 2 aromatic heterocycles. The highest BCUT2D eigenvalue weighted by Crippen LogP contribution is 2.40. The Morgan fingerprint density at radius 3 is 2.72 bits per heavy atom. The van der Waals surface area contributed by atoms with Crippen LogP contribution in [-0.2, 0) is 11.2 Å². The van der Waals surface area contributed by atoms with Gasteiger partial charge in [0.15, 0.2) is 5.58 Å². The van der Waals surface area contributed by atoms with Crippen LogP contribution in [0.15, 0.2) is 41.2 Å². The van der Waals surface area contributed by atoms with E-state index >= 15 is 0 Å². The number of benzene rings is 1. The lowest BCUT2D eigenvalue weighted by atomic mass is 9.96. The zero-order valence-electron chi connectivity index (χ0n) is 13.8. The summed E-state index contributed by atoms with van der Waals surface area (Å²) in [5.41, 5.74) is 1.47. The number of fused-ring (bicyclic) bond motifs is 3. The summed E-state index contributed by atoms with van der Waals surface area (Å²) >= 11 is 0. The van der Waals surface area contributed by atoms with E-state index in [0.717, 1.165) is 42.3 Å². The van der Waals surface area contributed by atoms with Crippen LogP contribution >= 0.6 is 0 Å². The second-order valence-corrected chi connectivity index (χ2v) is 7.00. The molecule has 1 aromatic carbocycles. The van der Waals surface area contributed by atoms with Gasteiger partial charge in [0.2, 0.25) is 5.91 Å². The van der Waals surface area contributed by atoms with Crippen molar-refractivity contribution in [1.82, 2.24) is 25.1 Å². The number of para-hydroxylation sites is 1. The van der Waals surface area contributed by atoms with E-state index in [4.69, 9.17) is 4.52 Å². The molecule has 128 valence electrons. The number of carbonyl (C=O) groups excluding carboxylic acids is 1. The third kappa shape index (κ3) is 2.42. The Hall–Kier alpha value is -2.70. The lowest BCUT2D eigenvalue weighted by Gasteiger charge is -2.38. The maximum absolute atomic E-state index is 13.0. The average Bonchev–Trinajstić information content (AvgIpc) is 3.34. The van der Waals surface area contributed by atoms with Gasteiger partial charge in [-0.2, -0.15) is 0 Å². The zero-order valence-corrected chi connectivity index (χ0v) is 13.8. The van der Waals surface area contributed by atoms with Gasteiger partial charge in [-0.1, -0.05) is 22.5 Å². The Kier molecular flexibility index (Phi) is 3.33. The van der Waals surface area contributed by atoms with Crippen molar-refractivity contribution in [2.24, 2.45) is 0 Å². The van der Waals surface area contributed by atoms with Crippen molar-refractivity contribution in [3.63, 3.8) is 0 Å². The van der Waals surface area contributed by atoms with Gasteiger partial charge in [-0.15, -0.1) is 5.10 Å². The molecule has 0 saturated carbocycles. The first-order chi connectivity index (χ1) is 12.3. The van der Waals surface area contributed by atoms with Crippen molar-refractivity contribution in [1.29, 1.82) is 0 Å². The second-order valence-electron chi connectivity index (χ2n) is 7.00. The second kappa shape index (κ2) is 5.68. The van der Waals surface area contributed by atoms with Crippen LogP contribution < -0.4 is 0 Å². The van der Waals surface area contributed by atoms with Crippen molar-refractivity contribution < 1.29 is 9.32 Å². The lowest BCUT2D eigenvalue weighted by molar-refractivity contribution is -0.135. The van der Waals surface area contributed by atoms with Gasteiger partial charge in [0.05, 0.1) is 18.7 Å². The molecular formula is C18H19N5O2. The summed E-state index contributed by atoms with van der Waals surface area (Å²) < 4.78 is 7.28. The summed E-state index contributed by atoms with van der Waals surface area (Å²) in [5.74, 6) is 0.156. The van der Waals surface area contributed by atoms with Crippen molar-refractivity contribution in [2.45, 2.75) is 50.2 Å². The Bertz CT molecular complexity index is 889. The smallest absolute Gasteiger partial charge is 0.229 e. The Labute approximate surface area is 144 Å². The lowest BCUT2D eigenvalue weighted by Crippen LogP contribution is -2.47. The molecule has 25 heavy (non-hydrogen) atoms. The molecule has 0 radical (unpaired) electrons. The van der Waals surface area contributed by atoms with Crippen molar-refractivity contribution in [2.75, 3.05) is 0 Å². The van der Waals surface area contributed by atoms with E-state index in [0.29, 0.717) is 24.5 Å². The van der Waals surface area contributed by atoms with Gasteiger partial charge in [0, 0.05) is 23.7 Å². The SMILES string of the molecule is O=C(Cc1noc2ccccc12)N1C2CCC1CC(n1ccnn1)C2. The van der Waals surface area contributed by atoms with Crippen LogP contribution in [-0.4, -0.2) is 43.0 Å². The normalized spacial score (nSPS) is 25.6. The van der Waals surface area contributed by atoms with Crippen LogP contribution in [0.25, 0.3) is 11.0 Å². The van der Waals surface area contributed by atoms with Gasteiger partial charge in [-0.3, -0.25) is 4.79 Å². The maximum atomic E-state index is 13.0. The predicted molar refractivity (Wildman–Crippen MR) is 89.7 cm³/mol. The Morgan fingerprint density at radius 2 is 1.96 bits per heavy atom. The molecule has 2 aliphatic heterocycles. The van der Waals surface area contributed by atoms with Gasteiger partial charge in [0.25, 0.3) is 0 Å². The fourth-order valence-corrected chi connectivity index (χ4v) is 4.48. The third-order valence-electron chi connectivity index (χ3n) is 5.58. The summed E-state index contributed by atoms with van der Waals surface area (Å²) in [6, 6.07) is 8.62. The summed E-state index contributed by atoms with van der Waals surface area (Å²) in [4.78, 5) is 15.1. The molecule has 2 aliphatic rings. The molecular weight excluding hydrogens is 318 g/mol. The molecule has 1 amide bonds. The standard InChI is InChI=1S/C18H19N5O2/c24-18(11-16-15-3-1-2-4-17(15)25-20-16)23-12-5-6-13(23)10-14(9-12)22-8-7-19-21-22/h1-4,7-8,12-14H,5-6,9-11H2. The number of aromatic nitrogens is 4. The van der Waals surface area contributed by atoms with Crippen LogP contribution in [0.2, 0.25) is 0 Å². The van der Waals surface area contributed by atoms with Gasteiger partial charge in [0.1, 0.15) is 5.69 Å². The van der Waals surface area contributed by atoms with E-state index in [-0.39, 0.29) is 5.91 Å². The molecule has 3 aromatic rings. The first-order valence-electron chi connectivity index (χ1n) is 8.80. The number of hydrogen-bond acceptors (Lipinski definition) is 5. The quantitative estimate of drug-likeness (QED) is 0.733. The highest BCUT2D eigenvalue weighted by Gasteiger charge is 2.43. The minimum atomic E-state index is 0.156. The predicted octanol–water partition coefficient (Wildman–Crippen LogP) is 2.36. The fourth-order valence-electron chi connectivity index (χ4n) is 4.48. The van der Waals surface area contributed by atoms with Gasteiger partial charge in [-0.25, -0.2) is 4.68 Å². The molecule has 2 saturated heterocycles.